The van der Waals surface area contributed by atoms with Crippen LogP contribution in [0.1, 0.15) is 47.5 Å². The summed E-state index contributed by atoms with van der Waals surface area (Å²) in [7, 11) is 0. The molecule has 1 aromatic carbocycles. The maximum absolute atomic E-state index is 13.7. The summed E-state index contributed by atoms with van der Waals surface area (Å²) < 4.78 is 13.7. The van der Waals surface area contributed by atoms with Gasteiger partial charge in [0.2, 0.25) is 0 Å². The van der Waals surface area contributed by atoms with Crippen LogP contribution in [-0.4, -0.2) is 34.8 Å². The number of amides is 2. The molecule has 2 rings (SSSR count). The summed E-state index contributed by atoms with van der Waals surface area (Å²) in [6.07, 6.45) is 3.11. The number of benzene rings is 1. The van der Waals surface area contributed by atoms with Crippen molar-refractivity contribution in [3.8, 4) is 0 Å². The number of anilines is 1. The van der Waals surface area contributed by atoms with Crippen LogP contribution in [0.3, 0.4) is 0 Å². The Morgan fingerprint density at radius 2 is 1.80 bits per heavy atom. The van der Waals surface area contributed by atoms with Gasteiger partial charge in [-0.15, -0.1) is 0 Å². The number of hydrogen-bond donors (Lipinski definition) is 1. The average Bonchev–Trinajstić information content (AvgIpc) is 2.63. The number of pyridine rings is 1. The van der Waals surface area contributed by atoms with Crippen LogP contribution in [0.25, 0.3) is 0 Å². The molecule has 2 aromatic rings. The van der Waals surface area contributed by atoms with E-state index < -0.39 is 11.7 Å². The number of rotatable bonds is 7. The molecule has 1 aromatic heterocycles. The molecular formula is C19H22FN3O2. The molecule has 0 atom stereocenters. The molecule has 0 saturated carbocycles. The molecule has 6 heteroatoms. The highest BCUT2D eigenvalue weighted by Crippen LogP contribution is 2.14. The molecule has 0 bridgehead atoms. The van der Waals surface area contributed by atoms with Gasteiger partial charge in [-0.3, -0.25) is 14.6 Å². The summed E-state index contributed by atoms with van der Waals surface area (Å²) in [5.41, 5.74) is 0.563. The van der Waals surface area contributed by atoms with Gasteiger partial charge in [-0.05, 0) is 37.1 Å². The summed E-state index contributed by atoms with van der Waals surface area (Å²) in [6, 6.07) is 8.86. The topological polar surface area (TPSA) is 62.3 Å². The van der Waals surface area contributed by atoms with E-state index in [1.807, 2.05) is 13.8 Å². The van der Waals surface area contributed by atoms with Crippen LogP contribution < -0.4 is 5.32 Å². The lowest BCUT2D eigenvalue weighted by Gasteiger charge is -2.21. The van der Waals surface area contributed by atoms with Crippen molar-refractivity contribution in [2.75, 3.05) is 18.4 Å². The first-order valence-corrected chi connectivity index (χ1v) is 8.38. The average molecular weight is 343 g/mol. The first-order chi connectivity index (χ1) is 12.1. The molecule has 0 fully saturated rings. The number of halogens is 1. The van der Waals surface area contributed by atoms with Gasteiger partial charge < -0.3 is 10.2 Å². The molecular weight excluding hydrogens is 321 g/mol. The molecule has 0 spiro atoms. The predicted molar refractivity (Wildman–Crippen MR) is 95.1 cm³/mol. The van der Waals surface area contributed by atoms with Gasteiger partial charge >= 0.3 is 0 Å². The van der Waals surface area contributed by atoms with Crippen molar-refractivity contribution >= 4 is 17.5 Å². The Kier molecular flexibility index (Phi) is 6.62. The number of aromatic nitrogens is 1. The van der Waals surface area contributed by atoms with E-state index >= 15 is 0 Å². The van der Waals surface area contributed by atoms with Crippen LogP contribution in [-0.2, 0) is 0 Å². The van der Waals surface area contributed by atoms with Gasteiger partial charge in [-0.1, -0.05) is 26.0 Å². The molecule has 1 heterocycles. The number of nitrogens with one attached hydrogen (secondary N) is 1. The van der Waals surface area contributed by atoms with E-state index in [9.17, 15) is 14.0 Å². The van der Waals surface area contributed by atoms with E-state index in [1.165, 1.54) is 30.5 Å². The molecule has 132 valence electrons. The maximum atomic E-state index is 13.7. The molecule has 25 heavy (non-hydrogen) atoms. The van der Waals surface area contributed by atoms with Crippen molar-refractivity contribution in [2.45, 2.75) is 26.7 Å². The summed E-state index contributed by atoms with van der Waals surface area (Å²) in [4.78, 5) is 30.7. The van der Waals surface area contributed by atoms with Gasteiger partial charge in [-0.25, -0.2) is 4.39 Å². The fraction of sp³-hybridized carbons (Fsp3) is 0.316. The minimum Gasteiger partial charge on any atom is -0.337 e. The first kappa shape index (κ1) is 18.6. The van der Waals surface area contributed by atoms with E-state index in [1.54, 1.807) is 17.0 Å². The largest absolute Gasteiger partial charge is 0.337 e. The SMILES string of the molecule is CCCN(CCC)C(=O)c1cc(C(=O)Nc2ccccc2F)ccn1. The molecule has 5 nitrogen and oxygen atoms in total. The number of nitrogens with zero attached hydrogens (tertiary/aromatic N) is 2. The van der Waals surface area contributed by atoms with Crippen molar-refractivity contribution in [3.05, 3.63) is 59.7 Å². The van der Waals surface area contributed by atoms with Gasteiger partial charge in [0.1, 0.15) is 11.5 Å². The Morgan fingerprint density at radius 3 is 2.44 bits per heavy atom. The Morgan fingerprint density at radius 1 is 1.12 bits per heavy atom. The summed E-state index contributed by atoms with van der Waals surface area (Å²) >= 11 is 0. The Labute approximate surface area is 146 Å². The normalized spacial score (nSPS) is 10.4. The maximum Gasteiger partial charge on any atom is 0.272 e. The highest BCUT2D eigenvalue weighted by molar-refractivity contribution is 6.05. The molecule has 0 aliphatic carbocycles. The zero-order chi connectivity index (χ0) is 18.2. The lowest BCUT2D eigenvalue weighted by molar-refractivity contribution is 0.0749. The third kappa shape index (κ3) is 4.86. The summed E-state index contributed by atoms with van der Waals surface area (Å²) in [5, 5.41) is 2.51. The second kappa shape index (κ2) is 8.92. The highest BCUT2D eigenvalue weighted by atomic mass is 19.1. The fourth-order valence-electron chi connectivity index (χ4n) is 2.46. The van der Waals surface area contributed by atoms with Crippen LogP contribution >= 0.6 is 0 Å². The molecule has 0 saturated heterocycles. The third-order valence-corrected chi connectivity index (χ3v) is 3.64. The standard InChI is InChI=1S/C19H22FN3O2/c1-3-11-23(12-4-2)19(25)17-13-14(9-10-21-17)18(24)22-16-8-6-5-7-15(16)20/h5-10,13H,3-4,11-12H2,1-2H3,(H,22,24). The van der Waals surface area contributed by atoms with Crippen LogP contribution in [0.15, 0.2) is 42.6 Å². The van der Waals surface area contributed by atoms with E-state index in [4.69, 9.17) is 0 Å². The van der Waals surface area contributed by atoms with Crippen molar-refractivity contribution in [3.63, 3.8) is 0 Å². The van der Waals surface area contributed by atoms with Crippen LogP contribution in [0.5, 0.6) is 0 Å². The smallest absolute Gasteiger partial charge is 0.272 e. The van der Waals surface area contributed by atoms with Crippen molar-refractivity contribution in [2.24, 2.45) is 0 Å². The molecule has 0 radical (unpaired) electrons. The van der Waals surface area contributed by atoms with Crippen LogP contribution in [0.4, 0.5) is 10.1 Å². The Balaban J connectivity index is 2.18. The number of carbonyl (C=O) groups is 2. The zero-order valence-electron chi connectivity index (χ0n) is 14.5. The molecule has 0 aliphatic rings. The minimum atomic E-state index is -0.515. The zero-order valence-corrected chi connectivity index (χ0v) is 14.5. The third-order valence-electron chi connectivity index (χ3n) is 3.64. The molecule has 1 N–H and O–H groups in total. The second-order valence-corrected chi connectivity index (χ2v) is 5.66. The van der Waals surface area contributed by atoms with Crippen molar-refractivity contribution < 1.29 is 14.0 Å². The Bertz CT molecular complexity index is 743. The van der Waals surface area contributed by atoms with Gasteiger partial charge in [0, 0.05) is 24.8 Å². The quantitative estimate of drug-likeness (QED) is 0.833. The monoisotopic (exact) mass is 343 g/mol. The molecule has 0 unspecified atom stereocenters. The summed E-state index contributed by atoms with van der Waals surface area (Å²) in [6.45, 7) is 5.28. The van der Waals surface area contributed by atoms with Crippen molar-refractivity contribution in [1.29, 1.82) is 0 Å². The lowest BCUT2D eigenvalue weighted by Crippen LogP contribution is -2.33. The van der Waals surface area contributed by atoms with Gasteiger partial charge in [0.05, 0.1) is 5.69 Å². The van der Waals surface area contributed by atoms with Crippen LogP contribution in [0.2, 0.25) is 0 Å². The minimum absolute atomic E-state index is 0.0933. The van der Waals surface area contributed by atoms with Gasteiger partial charge in [-0.2, -0.15) is 0 Å². The molecule has 2 amide bonds. The van der Waals surface area contributed by atoms with Crippen molar-refractivity contribution in [1.82, 2.24) is 9.88 Å². The number of carbonyl (C=O) groups excluding carboxylic acids is 2. The van der Waals surface area contributed by atoms with E-state index in [2.05, 4.69) is 10.3 Å². The Hall–Kier alpha value is -2.76. The van der Waals surface area contributed by atoms with E-state index in [-0.39, 0.29) is 22.9 Å². The number of para-hydroxylation sites is 1. The predicted octanol–water partition coefficient (Wildman–Crippen LogP) is 3.74. The first-order valence-electron chi connectivity index (χ1n) is 8.38. The second-order valence-electron chi connectivity index (χ2n) is 5.66. The highest BCUT2D eigenvalue weighted by Gasteiger charge is 2.18. The lowest BCUT2D eigenvalue weighted by atomic mass is 10.2. The molecule has 0 aliphatic heterocycles. The number of hydrogen-bond acceptors (Lipinski definition) is 3. The van der Waals surface area contributed by atoms with E-state index in [0.717, 1.165) is 12.8 Å². The summed E-state index contributed by atoms with van der Waals surface area (Å²) in [5.74, 6) is -1.21. The van der Waals surface area contributed by atoms with Gasteiger partial charge in [0.15, 0.2) is 0 Å². The fourth-order valence-corrected chi connectivity index (χ4v) is 2.46. The van der Waals surface area contributed by atoms with Crippen LogP contribution in [0, 0.1) is 5.82 Å². The van der Waals surface area contributed by atoms with E-state index in [0.29, 0.717) is 13.1 Å². The van der Waals surface area contributed by atoms with Gasteiger partial charge in [0.25, 0.3) is 11.8 Å².